The molecule has 4 atom stereocenters. The van der Waals surface area contributed by atoms with Crippen molar-refractivity contribution in [3.63, 3.8) is 0 Å². The van der Waals surface area contributed by atoms with E-state index >= 15 is 0 Å². The Bertz CT molecular complexity index is 526. The minimum absolute atomic E-state index is 0.0848. The van der Waals surface area contributed by atoms with Crippen LogP contribution >= 0.6 is 0 Å². The summed E-state index contributed by atoms with van der Waals surface area (Å²) >= 11 is 0. The first kappa shape index (κ1) is 13.3. The van der Waals surface area contributed by atoms with Gasteiger partial charge in [-0.3, -0.25) is 19.8 Å². The van der Waals surface area contributed by atoms with E-state index in [1.807, 2.05) is 6.92 Å². The Hall–Kier alpha value is -1.39. The van der Waals surface area contributed by atoms with Gasteiger partial charge in [0.1, 0.15) is 5.41 Å². The second-order valence-corrected chi connectivity index (χ2v) is 7.45. The SMILES string of the molecule is CC(C1CC2CCC1C2)N1C(=O)NC(=O)C2(CCC2)C1=O. The Morgan fingerprint density at radius 2 is 1.95 bits per heavy atom. The zero-order valence-corrected chi connectivity index (χ0v) is 12.4. The lowest BCUT2D eigenvalue weighted by atomic mass is 9.66. The molecule has 1 spiro atoms. The molecule has 3 aliphatic carbocycles. The highest BCUT2D eigenvalue weighted by molar-refractivity contribution is 6.19. The van der Waals surface area contributed by atoms with Gasteiger partial charge < -0.3 is 0 Å². The number of imide groups is 2. The van der Waals surface area contributed by atoms with E-state index in [1.54, 1.807) is 0 Å². The number of rotatable bonds is 2. The Morgan fingerprint density at radius 3 is 2.48 bits per heavy atom. The first-order chi connectivity index (χ1) is 10.0. The first-order valence-electron chi connectivity index (χ1n) is 8.22. The van der Waals surface area contributed by atoms with Crippen LogP contribution in [0.3, 0.4) is 0 Å². The van der Waals surface area contributed by atoms with Crippen molar-refractivity contribution in [2.24, 2.45) is 23.2 Å². The molecule has 1 aliphatic heterocycles. The van der Waals surface area contributed by atoms with Gasteiger partial charge in [0.2, 0.25) is 11.8 Å². The van der Waals surface area contributed by atoms with Crippen molar-refractivity contribution >= 4 is 17.8 Å². The predicted molar refractivity (Wildman–Crippen MR) is 75.1 cm³/mol. The molecule has 4 fully saturated rings. The molecule has 4 unspecified atom stereocenters. The number of carbonyl (C=O) groups is 3. The highest BCUT2D eigenvalue weighted by Gasteiger charge is 2.59. The van der Waals surface area contributed by atoms with Crippen LogP contribution in [-0.2, 0) is 9.59 Å². The molecule has 3 saturated carbocycles. The van der Waals surface area contributed by atoms with Gasteiger partial charge in [0, 0.05) is 6.04 Å². The molecule has 2 bridgehead atoms. The number of hydrogen-bond donors (Lipinski definition) is 1. The summed E-state index contributed by atoms with van der Waals surface area (Å²) in [5, 5.41) is 2.43. The van der Waals surface area contributed by atoms with Gasteiger partial charge in [-0.25, -0.2) is 4.79 Å². The molecule has 0 radical (unpaired) electrons. The summed E-state index contributed by atoms with van der Waals surface area (Å²) < 4.78 is 0. The van der Waals surface area contributed by atoms with Gasteiger partial charge >= 0.3 is 6.03 Å². The average Bonchev–Trinajstić information content (AvgIpc) is 2.98. The van der Waals surface area contributed by atoms with Crippen LogP contribution in [0, 0.1) is 23.2 Å². The second-order valence-electron chi connectivity index (χ2n) is 7.45. The predicted octanol–water partition coefficient (Wildman–Crippen LogP) is 2.06. The van der Waals surface area contributed by atoms with E-state index in [0.717, 1.165) is 18.8 Å². The highest BCUT2D eigenvalue weighted by atomic mass is 16.2. The monoisotopic (exact) mass is 290 g/mol. The quantitative estimate of drug-likeness (QED) is 0.792. The molecule has 4 amide bonds. The summed E-state index contributed by atoms with van der Waals surface area (Å²) in [4.78, 5) is 38.5. The number of nitrogens with zero attached hydrogens (tertiary/aromatic N) is 1. The summed E-state index contributed by atoms with van der Waals surface area (Å²) in [7, 11) is 0. The van der Waals surface area contributed by atoms with Crippen LogP contribution in [0.1, 0.15) is 51.9 Å². The molecule has 5 heteroatoms. The minimum Gasteiger partial charge on any atom is -0.277 e. The van der Waals surface area contributed by atoms with Crippen LogP contribution in [0.4, 0.5) is 4.79 Å². The minimum atomic E-state index is -0.931. The fourth-order valence-electron chi connectivity index (χ4n) is 5.11. The van der Waals surface area contributed by atoms with Crippen LogP contribution in [0.2, 0.25) is 0 Å². The number of fused-ring (bicyclic) bond motifs is 2. The largest absolute Gasteiger partial charge is 0.331 e. The third kappa shape index (κ3) is 1.66. The van der Waals surface area contributed by atoms with Crippen LogP contribution in [-0.4, -0.2) is 28.8 Å². The normalized spacial score (nSPS) is 38.6. The van der Waals surface area contributed by atoms with Crippen molar-refractivity contribution < 1.29 is 14.4 Å². The van der Waals surface area contributed by atoms with Crippen molar-refractivity contribution in [1.29, 1.82) is 0 Å². The number of urea groups is 1. The molecule has 0 aromatic carbocycles. The lowest BCUT2D eigenvalue weighted by Crippen LogP contribution is -2.68. The Balaban J connectivity index is 1.59. The summed E-state index contributed by atoms with van der Waals surface area (Å²) in [6.45, 7) is 1.99. The van der Waals surface area contributed by atoms with Crippen LogP contribution in [0.5, 0.6) is 0 Å². The number of nitrogens with one attached hydrogen (secondary N) is 1. The van der Waals surface area contributed by atoms with Crippen molar-refractivity contribution in [3.8, 4) is 0 Å². The molecule has 4 rings (SSSR count). The van der Waals surface area contributed by atoms with E-state index < -0.39 is 11.4 Å². The van der Waals surface area contributed by atoms with Gasteiger partial charge in [-0.05, 0) is 56.8 Å². The number of carbonyl (C=O) groups excluding carboxylic acids is 3. The lowest BCUT2D eigenvalue weighted by Gasteiger charge is -2.47. The van der Waals surface area contributed by atoms with Gasteiger partial charge in [0.05, 0.1) is 0 Å². The van der Waals surface area contributed by atoms with Gasteiger partial charge in [0.15, 0.2) is 0 Å². The molecule has 5 nitrogen and oxygen atoms in total. The number of amides is 4. The molecule has 1 heterocycles. The topological polar surface area (TPSA) is 66.5 Å². The molecule has 0 aromatic rings. The van der Waals surface area contributed by atoms with Crippen molar-refractivity contribution in [3.05, 3.63) is 0 Å². The van der Waals surface area contributed by atoms with E-state index in [-0.39, 0.29) is 17.9 Å². The standard InChI is InChI=1S/C16H22N2O3/c1-9(12-8-10-3-4-11(12)7-10)18-14(20)16(5-2-6-16)13(19)17-15(18)21/h9-12H,2-8H2,1H3,(H,17,19,21). The Kier molecular flexibility index (Phi) is 2.72. The van der Waals surface area contributed by atoms with Crippen LogP contribution in [0.15, 0.2) is 0 Å². The van der Waals surface area contributed by atoms with E-state index in [1.165, 1.54) is 24.2 Å². The fourth-order valence-corrected chi connectivity index (χ4v) is 5.11. The van der Waals surface area contributed by atoms with Crippen molar-refractivity contribution in [2.75, 3.05) is 0 Å². The van der Waals surface area contributed by atoms with Gasteiger partial charge in [-0.2, -0.15) is 0 Å². The van der Waals surface area contributed by atoms with E-state index in [4.69, 9.17) is 0 Å². The third-order valence-corrected chi connectivity index (χ3v) is 6.53. The van der Waals surface area contributed by atoms with Crippen molar-refractivity contribution in [1.82, 2.24) is 10.2 Å². The number of barbiturate groups is 1. The zero-order chi connectivity index (χ0) is 14.8. The molecular formula is C16H22N2O3. The van der Waals surface area contributed by atoms with Crippen LogP contribution in [0.25, 0.3) is 0 Å². The zero-order valence-electron chi connectivity index (χ0n) is 12.4. The molecule has 21 heavy (non-hydrogen) atoms. The molecule has 0 aromatic heterocycles. The maximum Gasteiger partial charge on any atom is 0.331 e. The summed E-state index contributed by atoms with van der Waals surface area (Å²) in [5.74, 6) is 1.24. The van der Waals surface area contributed by atoms with Gasteiger partial charge in [-0.15, -0.1) is 0 Å². The molecule has 4 aliphatic rings. The Labute approximate surface area is 124 Å². The molecular weight excluding hydrogens is 268 g/mol. The molecule has 1 N–H and O–H groups in total. The maximum absolute atomic E-state index is 12.8. The van der Waals surface area contributed by atoms with Crippen molar-refractivity contribution in [2.45, 2.75) is 57.9 Å². The van der Waals surface area contributed by atoms with E-state index in [0.29, 0.717) is 24.7 Å². The van der Waals surface area contributed by atoms with Gasteiger partial charge in [0.25, 0.3) is 0 Å². The highest BCUT2D eigenvalue weighted by Crippen LogP contribution is 2.51. The first-order valence-corrected chi connectivity index (χ1v) is 8.22. The van der Waals surface area contributed by atoms with E-state index in [2.05, 4.69) is 5.32 Å². The van der Waals surface area contributed by atoms with Crippen LogP contribution < -0.4 is 5.32 Å². The maximum atomic E-state index is 12.8. The third-order valence-electron chi connectivity index (χ3n) is 6.53. The second kappa shape index (κ2) is 4.31. The summed E-state index contributed by atoms with van der Waals surface area (Å²) in [5.41, 5.74) is -0.931. The Morgan fingerprint density at radius 1 is 1.19 bits per heavy atom. The average molecular weight is 290 g/mol. The summed E-state index contributed by atoms with van der Waals surface area (Å²) in [6, 6.07) is -0.587. The molecule has 1 saturated heterocycles. The lowest BCUT2D eigenvalue weighted by molar-refractivity contribution is -0.159. The smallest absolute Gasteiger partial charge is 0.277 e. The summed E-state index contributed by atoms with van der Waals surface area (Å²) in [6.07, 6.45) is 6.98. The fraction of sp³-hybridized carbons (Fsp3) is 0.812. The molecule has 114 valence electrons. The van der Waals surface area contributed by atoms with E-state index in [9.17, 15) is 14.4 Å². The van der Waals surface area contributed by atoms with Gasteiger partial charge in [-0.1, -0.05) is 12.8 Å². The number of hydrogen-bond acceptors (Lipinski definition) is 3.